The van der Waals surface area contributed by atoms with E-state index in [4.69, 9.17) is 20.9 Å². The molecule has 1 N–H and O–H groups in total. The number of carbonyl (C=O) groups is 1. The third kappa shape index (κ3) is 5.45. The minimum atomic E-state index is -4.05. The largest absolute Gasteiger partial charge is 0.495 e. The molecule has 0 aliphatic carbocycles. The number of ether oxygens (including phenoxy) is 1. The molecule has 1 atom stereocenters. The van der Waals surface area contributed by atoms with E-state index in [9.17, 15) is 17.6 Å². The zero-order chi connectivity index (χ0) is 25.9. The molecule has 1 amide bonds. The fraction of sp³-hybridized carbons (Fsp3) is 0.280. The minimum absolute atomic E-state index is 0.00834. The van der Waals surface area contributed by atoms with Crippen LogP contribution < -0.4 is 10.1 Å². The van der Waals surface area contributed by atoms with Crippen LogP contribution in [-0.4, -0.2) is 44.0 Å². The van der Waals surface area contributed by atoms with Gasteiger partial charge in [-0.05, 0) is 56.2 Å². The molecule has 0 bridgehead atoms. The van der Waals surface area contributed by atoms with E-state index < -0.39 is 21.8 Å². The summed E-state index contributed by atoms with van der Waals surface area (Å²) in [5.41, 5.74) is 0.866. The summed E-state index contributed by atoms with van der Waals surface area (Å²) in [6.45, 7) is 1.75. The Kier molecular flexibility index (Phi) is 7.77. The third-order valence-corrected chi connectivity index (χ3v) is 8.18. The second kappa shape index (κ2) is 10.8. The lowest BCUT2D eigenvalue weighted by molar-refractivity contribution is -0.120. The summed E-state index contributed by atoms with van der Waals surface area (Å²) in [6.07, 6.45) is 3.82. The fourth-order valence-electron chi connectivity index (χ4n) is 4.09. The Morgan fingerprint density at radius 3 is 2.81 bits per heavy atom. The van der Waals surface area contributed by atoms with Gasteiger partial charge in [-0.25, -0.2) is 12.8 Å². The van der Waals surface area contributed by atoms with Gasteiger partial charge in [0.25, 0.3) is 0 Å². The standard InChI is InChI=1S/C25H25ClFN3O5S/c1-16-24(23(35-29-16)11-9-17-6-3-4-8-20(17)27)36(32,33)30-13-5-7-18(15-30)25(31)28-21-14-19(26)10-12-22(21)34-2/h3-4,6,8-12,14,18H,5,7,13,15H2,1-2H3,(H,28,31). The van der Waals surface area contributed by atoms with Crippen molar-refractivity contribution in [3.63, 3.8) is 0 Å². The Morgan fingerprint density at radius 1 is 1.28 bits per heavy atom. The Bertz CT molecular complexity index is 1410. The molecule has 0 spiro atoms. The van der Waals surface area contributed by atoms with Crippen molar-refractivity contribution in [2.24, 2.45) is 5.92 Å². The number of aromatic nitrogens is 1. The molecule has 36 heavy (non-hydrogen) atoms. The Morgan fingerprint density at radius 2 is 2.06 bits per heavy atom. The number of hydrogen-bond donors (Lipinski definition) is 1. The molecule has 1 aromatic heterocycles. The molecule has 1 aliphatic rings. The summed E-state index contributed by atoms with van der Waals surface area (Å²) in [5.74, 6) is -0.937. The van der Waals surface area contributed by atoms with Gasteiger partial charge in [0, 0.05) is 23.7 Å². The highest BCUT2D eigenvalue weighted by Gasteiger charge is 2.37. The quantitative estimate of drug-likeness (QED) is 0.459. The van der Waals surface area contributed by atoms with E-state index in [1.165, 1.54) is 36.6 Å². The number of nitrogens with one attached hydrogen (secondary N) is 1. The van der Waals surface area contributed by atoms with Crippen LogP contribution in [0, 0.1) is 18.7 Å². The van der Waals surface area contributed by atoms with E-state index in [0.29, 0.717) is 29.3 Å². The van der Waals surface area contributed by atoms with Gasteiger partial charge in [-0.3, -0.25) is 4.79 Å². The van der Waals surface area contributed by atoms with E-state index in [0.717, 1.165) is 0 Å². The first-order chi connectivity index (χ1) is 17.2. The number of piperidine rings is 1. The molecule has 0 saturated carbocycles. The van der Waals surface area contributed by atoms with Crippen LogP contribution in [0.5, 0.6) is 5.75 Å². The molecule has 190 valence electrons. The Labute approximate surface area is 213 Å². The van der Waals surface area contributed by atoms with Gasteiger partial charge >= 0.3 is 0 Å². The molecule has 0 radical (unpaired) electrons. The molecular formula is C25H25ClFN3O5S. The molecule has 3 aromatic rings. The lowest BCUT2D eigenvalue weighted by Crippen LogP contribution is -2.43. The second-order valence-electron chi connectivity index (χ2n) is 8.35. The van der Waals surface area contributed by atoms with Crippen molar-refractivity contribution in [3.05, 3.63) is 70.3 Å². The van der Waals surface area contributed by atoms with Crippen LogP contribution in [-0.2, 0) is 14.8 Å². The van der Waals surface area contributed by atoms with E-state index in [1.54, 1.807) is 36.4 Å². The predicted octanol–water partition coefficient (Wildman–Crippen LogP) is 4.99. The normalized spacial score (nSPS) is 16.8. The zero-order valence-corrected chi connectivity index (χ0v) is 21.3. The first-order valence-corrected chi connectivity index (χ1v) is 13.1. The minimum Gasteiger partial charge on any atom is -0.495 e. The van der Waals surface area contributed by atoms with Crippen molar-refractivity contribution < 1.29 is 26.9 Å². The van der Waals surface area contributed by atoms with Crippen molar-refractivity contribution in [1.82, 2.24) is 9.46 Å². The van der Waals surface area contributed by atoms with E-state index in [1.807, 2.05) is 0 Å². The number of methoxy groups -OCH3 is 1. The molecule has 1 fully saturated rings. The van der Waals surface area contributed by atoms with Gasteiger partial charge in [0.05, 0.1) is 18.7 Å². The molecule has 11 heteroatoms. The topological polar surface area (TPSA) is 102 Å². The van der Waals surface area contributed by atoms with E-state index in [-0.39, 0.29) is 40.9 Å². The molecule has 1 unspecified atom stereocenters. The summed E-state index contributed by atoms with van der Waals surface area (Å²) in [4.78, 5) is 12.9. The van der Waals surface area contributed by atoms with Crippen LogP contribution in [0.2, 0.25) is 5.02 Å². The molecule has 8 nitrogen and oxygen atoms in total. The Hall–Kier alpha value is -3.21. The van der Waals surface area contributed by atoms with Crippen LogP contribution >= 0.6 is 11.6 Å². The average molecular weight is 534 g/mol. The van der Waals surface area contributed by atoms with Gasteiger partial charge in [0.15, 0.2) is 10.7 Å². The Balaban J connectivity index is 1.55. The first kappa shape index (κ1) is 25.9. The number of hydrogen-bond acceptors (Lipinski definition) is 6. The predicted molar refractivity (Wildman–Crippen MR) is 135 cm³/mol. The van der Waals surface area contributed by atoms with Crippen LogP contribution in [0.4, 0.5) is 10.1 Å². The summed E-state index contributed by atoms with van der Waals surface area (Å²) < 4.78 is 53.0. The zero-order valence-electron chi connectivity index (χ0n) is 19.7. The van der Waals surface area contributed by atoms with Crippen LogP contribution in [0.15, 0.2) is 51.9 Å². The lowest BCUT2D eigenvalue weighted by Gasteiger charge is -2.31. The maximum atomic E-state index is 14.0. The number of benzene rings is 2. The van der Waals surface area contributed by atoms with Crippen LogP contribution in [0.3, 0.4) is 0 Å². The number of anilines is 1. The number of rotatable bonds is 7. The van der Waals surface area contributed by atoms with Gasteiger partial charge in [-0.2, -0.15) is 4.31 Å². The molecule has 1 saturated heterocycles. The van der Waals surface area contributed by atoms with Gasteiger partial charge < -0.3 is 14.6 Å². The highest BCUT2D eigenvalue weighted by Crippen LogP contribution is 2.32. The van der Waals surface area contributed by atoms with Crippen molar-refractivity contribution in [2.45, 2.75) is 24.7 Å². The molecule has 4 rings (SSSR count). The summed E-state index contributed by atoms with van der Waals surface area (Å²) in [7, 11) is -2.57. The molecular weight excluding hydrogens is 509 g/mol. The van der Waals surface area contributed by atoms with Crippen molar-refractivity contribution in [2.75, 3.05) is 25.5 Å². The number of halogens is 2. The number of amides is 1. The van der Waals surface area contributed by atoms with Crippen LogP contribution in [0.25, 0.3) is 12.2 Å². The highest BCUT2D eigenvalue weighted by atomic mass is 35.5. The third-order valence-electron chi connectivity index (χ3n) is 5.92. The van der Waals surface area contributed by atoms with Gasteiger partial charge in [-0.1, -0.05) is 35.0 Å². The number of nitrogens with zero attached hydrogens (tertiary/aromatic N) is 2. The van der Waals surface area contributed by atoms with Crippen molar-refractivity contribution in [1.29, 1.82) is 0 Å². The van der Waals surface area contributed by atoms with Gasteiger partial charge in [0.2, 0.25) is 15.9 Å². The number of carbonyl (C=O) groups excluding carboxylic acids is 1. The van der Waals surface area contributed by atoms with Gasteiger partial charge in [-0.15, -0.1) is 0 Å². The summed E-state index contributed by atoms with van der Waals surface area (Å²) in [5, 5.41) is 7.04. The SMILES string of the molecule is COc1ccc(Cl)cc1NC(=O)C1CCCN(S(=O)(=O)c2c(C)noc2C=Cc2ccccc2F)C1. The fourth-order valence-corrected chi connectivity index (χ4v) is 6.04. The molecule has 2 aromatic carbocycles. The van der Waals surface area contributed by atoms with Gasteiger partial charge in [0.1, 0.15) is 17.3 Å². The monoisotopic (exact) mass is 533 g/mol. The van der Waals surface area contributed by atoms with Crippen molar-refractivity contribution in [3.8, 4) is 5.75 Å². The summed E-state index contributed by atoms with van der Waals surface area (Å²) in [6, 6.07) is 11.0. The average Bonchev–Trinajstić information content (AvgIpc) is 3.24. The maximum Gasteiger partial charge on any atom is 0.248 e. The first-order valence-electron chi connectivity index (χ1n) is 11.2. The second-order valence-corrected chi connectivity index (χ2v) is 10.7. The maximum absolute atomic E-state index is 14.0. The van der Waals surface area contributed by atoms with Crippen LogP contribution in [0.1, 0.15) is 29.9 Å². The lowest BCUT2D eigenvalue weighted by atomic mass is 9.98. The highest BCUT2D eigenvalue weighted by molar-refractivity contribution is 7.89. The number of sulfonamides is 1. The smallest absolute Gasteiger partial charge is 0.248 e. The van der Waals surface area contributed by atoms with E-state index in [2.05, 4.69) is 10.5 Å². The summed E-state index contributed by atoms with van der Waals surface area (Å²) >= 11 is 6.05. The molecule has 1 aliphatic heterocycles. The van der Waals surface area contributed by atoms with E-state index >= 15 is 0 Å². The molecule has 2 heterocycles. The van der Waals surface area contributed by atoms with Crippen molar-refractivity contribution >= 4 is 45.4 Å². The number of aryl methyl sites for hydroxylation is 1.